The lowest BCUT2D eigenvalue weighted by Gasteiger charge is -2.33. The molecule has 1 saturated heterocycles. The minimum atomic E-state index is -0.522. The van der Waals surface area contributed by atoms with E-state index in [-0.39, 0.29) is 18.6 Å². The normalized spacial score (nSPS) is 17.8. The number of benzene rings is 1. The maximum Gasteiger partial charge on any atom is 0.493 e. The molecule has 1 aliphatic heterocycles. The van der Waals surface area contributed by atoms with E-state index in [0.29, 0.717) is 19.8 Å². The first-order chi connectivity index (χ1) is 12.9. The molecule has 156 valence electrons. The molecule has 1 atom stereocenters. The average Bonchev–Trinajstić information content (AvgIpc) is 2.51. The Bertz CT molecular complexity index is 666. The van der Waals surface area contributed by atoms with Crippen molar-refractivity contribution in [1.82, 2.24) is 5.32 Å². The number of carbonyl (C=O) groups excluding carboxylic acids is 1. The van der Waals surface area contributed by atoms with E-state index in [0.717, 1.165) is 22.3 Å². The number of amides is 1. The number of nitrogens with one attached hydrogen (secondary N) is 1. The zero-order valence-electron chi connectivity index (χ0n) is 18.5. The molecule has 0 spiro atoms. The van der Waals surface area contributed by atoms with Gasteiger partial charge in [0.15, 0.2) is 0 Å². The summed E-state index contributed by atoms with van der Waals surface area (Å²) in [5.41, 5.74) is 2.54. The quantitative estimate of drug-likeness (QED) is 0.780. The van der Waals surface area contributed by atoms with Crippen molar-refractivity contribution in [1.29, 1.82) is 0 Å². The molecule has 1 amide bonds. The predicted octanol–water partition coefficient (Wildman–Crippen LogP) is 3.36. The topological polar surface area (TPSA) is 66.0 Å². The van der Waals surface area contributed by atoms with Gasteiger partial charge in [0.25, 0.3) is 0 Å². The van der Waals surface area contributed by atoms with Crippen molar-refractivity contribution in [3.05, 3.63) is 23.3 Å². The van der Waals surface area contributed by atoms with Gasteiger partial charge in [0, 0.05) is 18.6 Å². The molecule has 0 aromatic heterocycles. The van der Waals surface area contributed by atoms with Gasteiger partial charge >= 0.3 is 13.2 Å². The summed E-state index contributed by atoms with van der Waals surface area (Å²) in [5, 5.41) is 2.79. The highest BCUT2D eigenvalue weighted by atomic mass is 16.6. The van der Waals surface area contributed by atoms with E-state index >= 15 is 0 Å². The molecule has 0 aliphatic carbocycles. The van der Waals surface area contributed by atoms with Crippen molar-refractivity contribution in [3.63, 3.8) is 0 Å². The molecule has 1 fully saturated rings. The van der Waals surface area contributed by atoms with Crippen LogP contribution >= 0.6 is 0 Å². The standard InChI is InChI=1S/C21H34BNO5/c1-14-9-17(22-26-12-21(7,8)13-27-22)10-15(2)18(14)25-11-16(3)23-19(24)28-20(4,5)6/h9-10,16H,11-13H2,1-8H3,(H,23,24). The van der Waals surface area contributed by atoms with Gasteiger partial charge in [-0.3, -0.25) is 0 Å². The highest BCUT2D eigenvalue weighted by Crippen LogP contribution is 2.25. The van der Waals surface area contributed by atoms with Crippen LogP contribution in [0, 0.1) is 19.3 Å². The van der Waals surface area contributed by atoms with E-state index in [1.54, 1.807) is 0 Å². The van der Waals surface area contributed by atoms with Crippen LogP contribution in [0.4, 0.5) is 4.79 Å². The van der Waals surface area contributed by atoms with E-state index < -0.39 is 11.7 Å². The van der Waals surface area contributed by atoms with Crippen LogP contribution in [0.15, 0.2) is 12.1 Å². The SMILES string of the molecule is Cc1cc(B2OCC(C)(C)CO2)cc(C)c1OCC(C)NC(=O)OC(C)(C)C. The van der Waals surface area contributed by atoms with Crippen LogP contribution in [0.1, 0.15) is 52.7 Å². The Hall–Kier alpha value is -1.73. The Morgan fingerprint density at radius 2 is 1.75 bits per heavy atom. The summed E-state index contributed by atoms with van der Waals surface area (Å²) < 4.78 is 23.0. The van der Waals surface area contributed by atoms with Gasteiger partial charge in [0.2, 0.25) is 0 Å². The van der Waals surface area contributed by atoms with Crippen molar-refractivity contribution in [2.24, 2.45) is 5.41 Å². The summed E-state index contributed by atoms with van der Waals surface area (Å²) in [4.78, 5) is 11.9. The number of alkyl carbamates (subject to hydrolysis) is 1. The first kappa shape index (κ1) is 22.6. The molecule has 0 bridgehead atoms. The van der Waals surface area contributed by atoms with E-state index in [2.05, 4.69) is 19.2 Å². The van der Waals surface area contributed by atoms with Gasteiger partial charge in [0.05, 0.1) is 6.04 Å². The van der Waals surface area contributed by atoms with Crippen molar-refractivity contribution in [2.45, 2.75) is 67.0 Å². The van der Waals surface area contributed by atoms with Crippen LogP contribution in [-0.4, -0.2) is 44.7 Å². The Balaban J connectivity index is 1.95. The number of hydrogen-bond donors (Lipinski definition) is 1. The molecule has 0 radical (unpaired) electrons. The molecule has 28 heavy (non-hydrogen) atoms. The minimum Gasteiger partial charge on any atom is -0.491 e. The van der Waals surface area contributed by atoms with Gasteiger partial charge in [-0.05, 0) is 58.1 Å². The van der Waals surface area contributed by atoms with Gasteiger partial charge in [-0.2, -0.15) is 0 Å². The number of ether oxygens (including phenoxy) is 2. The Labute approximate surface area is 169 Å². The van der Waals surface area contributed by atoms with E-state index in [1.165, 1.54) is 0 Å². The Morgan fingerprint density at radius 1 is 1.21 bits per heavy atom. The number of carbonyl (C=O) groups is 1. The number of hydrogen-bond acceptors (Lipinski definition) is 5. The van der Waals surface area contributed by atoms with Gasteiger partial charge in [-0.25, -0.2) is 4.79 Å². The minimum absolute atomic E-state index is 0.0426. The lowest BCUT2D eigenvalue weighted by molar-refractivity contribution is 0.0343. The fourth-order valence-corrected chi connectivity index (χ4v) is 2.99. The molecule has 2 rings (SSSR count). The summed E-state index contributed by atoms with van der Waals surface area (Å²) in [7, 11) is -0.341. The second-order valence-corrected chi connectivity index (χ2v) is 9.46. The molecule has 1 heterocycles. The first-order valence-electron chi connectivity index (χ1n) is 9.83. The molecule has 6 nitrogen and oxygen atoms in total. The van der Waals surface area contributed by atoms with Crippen LogP contribution in [0.2, 0.25) is 0 Å². The third-order valence-electron chi connectivity index (χ3n) is 4.25. The third kappa shape index (κ3) is 6.71. The second kappa shape index (κ2) is 8.74. The van der Waals surface area contributed by atoms with E-state index in [9.17, 15) is 4.79 Å². The maximum absolute atomic E-state index is 11.9. The molecular formula is C21H34BNO5. The van der Waals surface area contributed by atoms with Crippen LogP contribution in [0.5, 0.6) is 5.75 Å². The van der Waals surface area contributed by atoms with Crippen LogP contribution < -0.4 is 15.5 Å². The number of aryl methyl sites for hydroxylation is 2. The lowest BCUT2D eigenvalue weighted by Crippen LogP contribution is -2.47. The number of rotatable bonds is 5. The van der Waals surface area contributed by atoms with Crippen LogP contribution in [0.3, 0.4) is 0 Å². The largest absolute Gasteiger partial charge is 0.493 e. The van der Waals surface area contributed by atoms with Crippen molar-refractivity contribution < 1.29 is 23.6 Å². The molecule has 7 heteroatoms. The van der Waals surface area contributed by atoms with Crippen molar-refractivity contribution in [3.8, 4) is 5.75 Å². The zero-order valence-corrected chi connectivity index (χ0v) is 18.5. The molecule has 1 N–H and O–H groups in total. The molecule has 1 unspecified atom stereocenters. The van der Waals surface area contributed by atoms with Gasteiger partial charge < -0.3 is 24.1 Å². The predicted molar refractivity (Wildman–Crippen MR) is 111 cm³/mol. The summed E-state index contributed by atoms with van der Waals surface area (Å²) in [6, 6.07) is 3.90. The molecule has 1 aliphatic rings. The second-order valence-electron chi connectivity index (χ2n) is 9.46. The summed E-state index contributed by atoms with van der Waals surface area (Å²) in [5.74, 6) is 0.817. The molecule has 1 aromatic carbocycles. The molecular weight excluding hydrogens is 357 g/mol. The van der Waals surface area contributed by atoms with Gasteiger partial charge in [-0.15, -0.1) is 0 Å². The maximum atomic E-state index is 11.9. The molecule has 0 saturated carbocycles. The summed E-state index contributed by atoms with van der Waals surface area (Å²) in [6.07, 6.45) is -0.443. The van der Waals surface area contributed by atoms with Crippen molar-refractivity contribution in [2.75, 3.05) is 19.8 Å². The molecule has 1 aromatic rings. The van der Waals surface area contributed by atoms with Crippen LogP contribution in [0.25, 0.3) is 0 Å². The van der Waals surface area contributed by atoms with E-state index in [1.807, 2.05) is 53.7 Å². The monoisotopic (exact) mass is 391 g/mol. The third-order valence-corrected chi connectivity index (χ3v) is 4.25. The van der Waals surface area contributed by atoms with Crippen molar-refractivity contribution >= 4 is 18.7 Å². The fourth-order valence-electron chi connectivity index (χ4n) is 2.99. The Kier molecular flexibility index (Phi) is 7.04. The average molecular weight is 391 g/mol. The zero-order chi connectivity index (χ0) is 21.1. The Morgan fingerprint density at radius 3 is 2.25 bits per heavy atom. The lowest BCUT2D eigenvalue weighted by atomic mass is 9.74. The van der Waals surface area contributed by atoms with Gasteiger partial charge in [0.1, 0.15) is 18.0 Å². The van der Waals surface area contributed by atoms with Gasteiger partial charge in [-0.1, -0.05) is 26.0 Å². The fraction of sp³-hybridized carbons (Fsp3) is 0.667. The van der Waals surface area contributed by atoms with E-state index in [4.69, 9.17) is 18.8 Å². The summed E-state index contributed by atoms with van der Waals surface area (Å²) >= 11 is 0. The smallest absolute Gasteiger partial charge is 0.491 e. The summed E-state index contributed by atoms with van der Waals surface area (Å²) in [6.45, 7) is 17.3. The highest BCUT2D eigenvalue weighted by molar-refractivity contribution is 6.61. The van der Waals surface area contributed by atoms with Crippen LogP contribution in [-0.2, 0) is 14.0 Å². The highest BCUT2D eigenvalue weighted by Gasteiger charge is 2.34. The first-order valence-corrected chi connectivity index (χ1v) is 9.83.